The number of furan rings is 1. The molecule has 1 aliphatic heterocycles. The average Bonchev–Trinajstić information content (AvgIpc) is 3.28. The molecule has 0 aliphatic carbocycles. The second kappa shape index (κ2) is 6.87. The molecule has 0 radical (unpaired) electrons. The lowest BCUT2D eigenvalue weighted by Crippen LogP contribution is -2.36. The normalized spacial score (nSPS) is 17.4. The van der Waals surface area contributed by atoms with E-state index in [4.69, 9.17) is 9.25 Å². The third-order valence-electron chi connectivity index (χ3n) is 4.75. The lowest BCUT2D eigenvalue weighted by molar-refractivity contribution is -0.131. The maximum absolute atomic E-state index is 13.4. The third-order valence-corrected chi connectivity index (χ3v) is 4.75. The number of fused-ring (bicyclic) bond motifs is 1. The number of nitrogens with one attached hydrogen (secondary N) is 1. The van der Waals surface area contributed by atoms with Crippen LogP contribution in [-0.2, 0) is 9.63 Å². The van der Waals surface area contributed by atoms with Crippen LogP contribution in [0.3, 0.4) is 0 Å². The summed E-state index contributed by atoms with van der Waals surface area (Å²) in [5.41, 5.74) is 2.97. The number of nitrogens with zero attached hydrogens (tertiary/aromatic N) is 1. The van der Waals surface area contributed by atoms with Crippen molar-refractivity contribution in [3.8, 4) is 0 Å². The van der Waals surface area contributed by atoms with Crippen LogP contribution in [0, 0.1) is 12.7 Å². The smallest absolute Gasteiger partial charge is 0.264 e. The summed E-state index contributed by atoms with van der Waals surface area (Å²) in [6.45, 7) is 3.84. The maximum atomic E-state index is 13.4. The molecular formula is C21H19FN2O3. The molecule has 0 saturated heterocycles. The molecule has 4 rings (SSSR count). The molecule has 0 saturated carbocycles. The van der Waals surface area contributed by atoms with E-state index < -0.39 is 6.10 Å². The van der Waals surface area contributed by atoms with Gasteiger partial charge in [0.1, 0.15) is 17.2 Å². The molecule has 2 heterocycles. The van der Waals surface area contributed by atoms with Crippen LogP contribution in [0.4, 0.5) is 4.39 Å². The molecule has 1 aromatic heterocycles. The van der Waals surface area contributed by atoms with Gasteiger partial charge in [-0.3, -0.25) is 4.79 Å². The lowest BCUT2D eigenvalue weighted by atomic mass is 10.0. The summed E-state index contributed by atoms with van der Waals surface area (Å²) in [6.07, 6.45) is -0.448. The molecule has 1 amide bonds. The molecule has 6 heteroatoms. The quantitative estimate of drug-likeness (QED) is 0.751. The van der Waals surface area contributed by atoms with Gasteiger partial charge in [-0.2, -0.15) is 0 Å². The van der Waals surface area contributed by atoms with Gasteiger partial charge in [0, 0.05) is 22.9 Å². The zero-order valence-corrected chi connectivity index (χ0v) is 15.0. The standard InChI is InChI=1S/C21H19FN2O3/c1-12-16-8-3-4-9-18(16)26-20(12)13(2)23-21(25)19-11-17(24-27-19)14-6-5-7-15(22)10-14/h3-10,13,19H,11H2,1-2H3,(H,23,25)/t13-,19-/m0/s1. The summed E-state index contributed by atoms with van der Waals surface area (Å²) in [5.74, 6) is 0.0865. The molecule has 27 heavy (non-hydrogen) atoms. The van der Waals surface area contributed by atoms with E-state index in [0.29, 0.717) is 23.5 Å². The second-order valence-corrected chi connectivity index (χ2v) is 6.66. The van der Waals surface area contributed by atoms with Crippen LogP contribution in [0.5, 0.6) is 0 Å². The van der Waals surface area contributed by atoms with Crippen molar-refractivity contribution in [2.45, 2.75) is 32.4 Å². The summed E-state index contributed by atoms with van der Waals surface area (Å²) in [5, 5.41) is 7.90. The van der Waals surface area contributed by atoms with Crippen molar-refractivity contribution in [1.82, 2.24) is 5.32 Å². The Kier molecular flexibility index (Phi) is 4.39. The number of oxime groups is 1. The van der Waals surface area contributed by atoms with Gasteiger partial charge in [0.25, 0.3) is 5.91 Å². The van der Waals surface area contributed by atoms with Gasteiger partial charge in [0.05, 0.1) is 11.8 Å². The van der Waals surface area contributed by atoms with Crippen molar-refractivity contribution in [1.29, 1.82) is 0 Å². The Hall–Kier alpha value is -3.15. The van der Waals surface area contributed by atoms with Crippen molar-refractivity contribution in [2.75, 3.05) is 0 Å². The van der Waals surface area contributed by atoms with E-state index in [9.17, 15) is 9.18 Å². The van der Waals surface area contributed by atoms with Crippen LogP contribution in [0.25, 0.3) is 11.0 Å². The second-order valence-electron chi connectivity index (χ2n) is 6.66. The summed E-state index contributed by atoms with van der Waals surface area (Å²) < 4.78 is 19.3. The van der Waals surface area contributed by atoms with Crippen LogP contribution < -0.4 is 5.32 Å². The Morgan fingerprint density at radius 2 is 2.07 bits per heavy atom. The SMILES string of the molecule is Cc1c([C@H](C)NC(=O)[C@@H]2CC(c3cccc(F)c3)=NO2)oc2ccccc12. The highest BCUT2D eigenvalue weighted by Gasteiger charge is 2.30. The van der Waals surface area contributed by atoms with Crippen molar-refractivity contribution in [2.24, 2.45) is 5.16 Å². The number of para-hydroxylation sites is 1. The van der Waals surface area contributed by atoms with Crippen LogP contribution in [-0.4, -0.2) is 17.7 Å². The molecule has 1 N–H and O–H groups in total. The fraction of sp³-hybridized carbons (Fsp3) is 0.238. The topological polar surface area (TPSA) is 63.8 Å². The number of hydrogen-bond acceptors (Lipinski definition) is 4. The monoisotopic (exact) mass is 366 g/mol. The van der Waals surface area contributed by atoms with Crippen LogP contribution in [0.1, 0.15) is 36.3 Å². The van der Waals surface area contributed by atoms with Gasteiger partial charge in [-0.15, -0.1) is 0 Å². The highest BCUT2D eigenvalue weighted by atomic mass is 19.1. The number of benzene rings is 2. The first-order valence-corrected chi connectivity index (χ1v) is 8.80. The van der Waals surface area contributed by atoms with E-state index in [1.807, 2.05) is 38.1 Å². The number of carbonyl (C=O) groups is 1. The summed E-state index contributed by atoms with van der Waals surface area (Å²) in [6, 6.07) is 13.5. The average molecular weight is 366 g/mol. The Morgan fingerprint density at radius 1 is 1.26 bits per heavy atom. The Balaban J connectivity index is 1.44. The largest absolute Gasteiger partial charge is 0.459 e. The number of rotatable bonds is 4. The van der Waals surface area contributed by atoms with E-state index in [0.717, 1.165) is 16.5 Å². The number of amides is 1. The lowest BCUT2D eigenvalue weighted by Gasteiger charge is -2.15. The van der Waals surface area contributed by atoms with Crippen molar-refractivity contribution in [3.63, 3.8) is 0 Å². The molecule has 2 aromatic carbocycles. The third kappa shape index (κ3) is 3.30. The molecule has 3 aromatic rings. The minimum absolute atomic E-state index is 0.280. The number of aryl methyl sites for hydroxylation is 1. The predicted molar refractivity (Wildman–Crippen MR) is 99.9 cm³/mol. The minimum Gasteiger partial charge on any atom is -0.459 e. The first kappa shape index (κ1) is 17.3. The molecule has 0 unspecified atom stereocenters. The molecule has 0 bridgehead atoms. The minimum atomic E-state index is -0.740. The molecular weight excluding hydrogens is 347 g/mol. The fourth-order valence-electron chi connectivity index (χ4n) is 3.33. The van der Waals surface area contributed by atoms with Gasteiger partial charge in [-0.05, 0) is 32.0 Å². The van der Waals surface area contributed by atoms with Gasteiger partial charge in [-0.1, -0.05) is 35.5 Å². The predicted octanol–water partition coefficient (Wildman–Crippen LogP) is 4.25. The molecule has 0 fully saturated rings. The first-order valence-electron chi connectivity index (χ1n) is 8.80. The van der Waals surface area contributed by atoms with Crippen LogP contribution in [0.15, 0.2) is 58.1 Å². The van der Waals surface area contributed by atoms with E-state index in [-0.39, 0.29) is 17.8 Å². The summed E-state index contributed by atoms with van der Waals surface area (Å²) >= 11 is 0. The fourth-order valence-corrected chi connectivity index (χ4v) is 3.33. The summed E-state index contributed by atoms with van der Waals surface area (Å²) in [7, 11) is 0. The van der Waals surface area contributed by atoms with Crippen LogP contribution in [0.2, 0.25) is 0 Å². The molecule has 1 aliphatic rings. The van der Waals surface area contributed by atoms with Gasteiger partial charge >= 0.3 is 0 Å². The number of hydrogen-bond donors (Lipinski definition) is 1. The Bertz CT molecular complexity index is 1040. The van der Waals surface area contributed by atoms with Gasteiger partial charge in [0.2, 0.25) is 6.10 Å². The van der Waals surface area contributed by atoms with E-state index in [1.165, 1.54) is 12.1 Å². The maximum Gasteiger partial charge on any atom is 0.264 e. The van der Waals surface area contributed by atoms with Crippen molar-refractivity contribution >= 4 is 22.6 Å². The Labute approximate surface area is 155 Å². The molecule has 0 spiro atoms. The van der Waals surface area contributed by atoms with Gasteiger partial charge in [0.15, 0.2) is 0 Å². The van der Waals surface area contributed by atoms with Gasteiger partial charge in [-0.25, -0.2) is 4.39 Å². The van der Waals surface area contributed by atoms with Crippen molar-refractivity contribution < 1.29 is 18.4 Å². The Morgan fingerprint density at radius 3 is 2.85 bits per heavy atom. The van der Waals surface area contributed by atoms with E-state index >= 15 is 0 Å². The zero-order valence-electron chi connectivity index (χ0n) is 15.0. The molecule has 138 valence electrons. The van der Waals surface area contributed by atoms with Gasteiger partial charge < -0.3 is 14.6 Å². The number of halogens is 1. The zero-order chi connectivity index (χ0) is 19.0. The highest BCUT2D eigenvalue weighted by Crippen LogP contribution is 2.29. The van der Waals surface area contributed by atoms with E-state index in [1.54, 1.807) is 12.1 Å². The van der Waals surface area contributed by atoms with Crippen LogP contribution >= 0.6 is 0 Å². The number of carbonyl (C=O) groups excluding carboxylic acids is 1. The highest BCUT2D eigenvalue weighted by molar-refractivity contribution is 6.04. The molecule has 5 nitrogen and oxygen atoms in total. The molecule has 2 atom stereocenters. The first-order chi connectivity index (χ1) is 13.0. The summed E-state index contributed by atoms with van der Waals surface area (Å²) in [4.78, 5) is 17.8. The van der Waals surface area contributed by atoms with Crippen molar-refractivity contribution in [3.05, 3.63) is 71.2 Å². The van der Waals surface area contributed by atoms with E-state index in [2.05, 4.69) is 10.5 Å².